The number of aromatic nitrogens is 3. The van der Waals surface area contributed by atoms with E-state index in [1.165, 1.54) is 42.5 Å². The monoisotopic (exact) mass is 533 g/mol. The zero-order valence-corrected chi connectivity index (χ0v) is 19.6. The van der Waals surface area contributed by atoms with Crippen molar-refractivity contribution in [2.24, 2.45) is 0 Å². The third kappa shape index (κ3) is 5.77. The smallest absolute Gasteiger partial charge is 0.480 e. The van der Waals surface area contributed by atoms with Gasteiger partial charge >= 0.3 is 12.3 Å². The highest BCUT2D eigenvalue weighted by molar-refractivity contribution is 7.92. The number of benzene rings is 3. The van der Waals surface area contributed by atoms with Crippen LogP contribution in [0.15, 0.2) is 82.5 Å². The molecule has 0 aliphatic heterocycles. The van der Waals surface area contributed by atoms with Crippen LogP contribution in [-0.4, -0.2) is 46.1 Å². The van der Waals surface area contributed by atoms with E-state index in [1.807, 2.05) is 0 Å². The summed E-state index contributed by atoms with van der Waals surface area (Å²) in [5.41, 5.74) is 0.807. The number of carbonyl (C=O) groups is 1. The van der Waals surface area contributed by atoms with Crippen molar-refractivity contribution in [3.05, 3.63) is 83.2 Å². The van der Waals surface area contributed by atoms with E-state index in [9.17, 15) is 36.3 Å². The first kappa shape index (κ1) is 25.8. The van der Waals surface area contributed by atoms with Gasteiger partial charge in [-0.15, -0.1) is 18.3 Å². The van der Waals surface area contributed by atoms with Crippen LogP contribution in [0.1, 0.15) is 6.42 Å². The van der Waals surface area contributed by atoms with Crippen LogP contribution < -0.4 is 10.3 Å². The molecule has 37 heavy (non-hydrogen) atoms. The molecule has 9 nitrogen and oxygen atoms in total. The normalized spacial score (nSPS) is 12.8. The maximum atomic E-state index is 13.1. The van der Waals surface area contributed by atoms with Crippen LogP contribution >= 0.6 is 0 Å². The number of aliphatic carboxylic acids is 1. The van der Waals surface area contributed by atoms with Crippen molar-refractivity contribution in [1.82, 2.24) is 15.0 Å². The Morgan fingerprint density at radius 2 is 1.57 bits per heavy atom. The number of rotatable bonds is 8. The van der Waals surface area contributed by atoms with Crippen molar-refractivity contribution in [2.75, 3.05) is 0 Å². The van der Waals surface area contributed by atoms with Gasteiger partial charge in [0.1, 0.15) is 11.3 Å². The van der Waals surface area contributed by atoms with Gasteiger partial charge in [-0.2, -0.15) is 0 Å². The lowest BCUT2D eigenvalue weighted by Crippen LogP contribution is -2.34. The number of fused-ring (bicyclic) bond motifs is 1. The summed E-state index contributed by atoms with van der Waals surface area (Å²) in [4.78, 5) is 24.2. The van der Waals surface area contributed by atoms with Crippen molar-refractivity contribution in [1.29, 1.82) is 0 Å². The highest BCUT2D eigenvalue weighted by atomic mass is 32.2. The molecule has 4 rings (SSSR count). The average molecular weight is 533 g/mol. The van der Waals surface area contributed by atoms with Gasteiger partial charge in [0.2, 0.25) is 0 Å². The minimum atomic E-state index is -4.83. The van der Waals surface area contributed by atoms with Crippen LogP contribution in [0.5, 0.6) is 5.75 Å². The summed E-state index contributed by atoms with van der Waals surface area (Å²) in [6.45, 7) is -0.294. The Morgan fingerprint density at radius 1 is 0.973 bits per heavy atom. The number of hydrogen-bond acceptors (Lipinski definition) is 7. The lowest BCUT2D eigenvalue weighted by atomic mass is 10.1. The molecule has 1 unspecified atom stereocenters. The second-order valence-electron chi connectivity index (χ2n) is 7.89. The summed E-state index contributed by atoms with van der Waals surface area (Å²) < 4.78 is 67.9. The van der Waals surface area contributed by atoms with Gasteiger partial charge < -0.3 is 9.84 Å². The highest BCUT2D eigenvalue weighted by Crippen LogP contribution is 2.28. The molecule has 0 aliphatic rings. The zero-order valence-electron chi connectivity index (χ0n) is 18.8. The fourth-order valence-electron chi connectivity index (χ4n) is 3.67. The Kier molecular flexibility index (Phi) is 6.99. The zero-order chi connectivity index (χ0) is 26.8. The van der Waals surface area contributed by atoms with Crippen molar-refractivity contribution in [3.8, 4) is 16.9 Å². The third-order valence-electron chi connectivity index (χ3n) is 5.49. The molecule has 0 amide bonds. The molecule has 0 saturated carbocycles. The molecule has 0 fully saturated rings. The van der Waals surface area contributed by atoms with Crippen molar-refractivity contribution >= 4 is 26.7 Å². The Bertz CT molecular complexity index is 1600. The molecule has 0 saturated heterocycles. The first-order valence-electron chi connectivity index (χ1n) is 10.7. The molecular weight excluding hydrogens is 515 g/mol. The molecule has 1 heterocycles. The number of aryl methyl sites for hydroxylation is 1. The van der Waals surface area contributed by atoms with E-state index in [-0.39, 0.29) is 16.8 Å². The Hall–Kier alpha value is -4.26. The molecule has 4 aromatic rings. The van der Waals surface area contributed by atoms with E-state index in [2.05, 4.69) is 15.0 Å². The second-order valence-corrected chi connectivity index (χ2v) is 10.0. The van der Waals surface area contributed by atoms with Crippen molar-refractivity contribution in [2.45, 2.75) is 29.5 Å². The van der Waals surface area contributed by atoms with E-state index < -0.39 is 45.1 Å². The minimum absolute atomic E-state index is 0.265. The number of ether oxygens (including phenoxy) is 1. The van der Waals surface area contributed by atoms with Gasteiger partial charge in [0, 0.05) is 6.54 Å². The highest BCUT2D eigenvalue weighted by Gasteiger charge is 2.34. The summed E-state index contributed by atoms with van der Waals surface area (Å²) in [5, 5.41) is 15.7. The Balaban J connectivity index is 1.53. The van der Waals surface area contributed by atoms with Gasteiger partial charge in [-0.1, -0.05) is 41.6 Å². The van der Waals surface area contributed by atoms with E-state index in [0.29, 0.717) is 16.6 Å². The van der Waals surface area contributed by atoms with Gasteiger partial charge in [-0.05, 0) is 53.9 Å². The standard InChI is InChI=1S/C24H18F3N3O6S/c25-24(26,27)36-17-9-5-15(6-10-17)16-7-11-18(12-8-16)37(34,35)21(23(32)33)13-14-30-22(31)19-3-1-2-4-20(19)28-29-30/h1-12,21H,13-14H2,(H,32,33). The van der Waals surface area contributed by atoms with Crippen LogP contribution in [-0.2, 0) is 21.2 Å². The molecule has 1 aromatic heterocycles. The van der Waals surface area contributed by atoms with Crippen LogP contribution in [0.4, 0.5) is 13.2 Å². The molecule has 0 spiro atoms. The molecule has 3 aromatic carbocycles. The summed E-state index contributed by atoms with van der Waals surface area (Å²) >= 11 is 0. The summed E-state index contributed by atoms with van der Waals surface area (Å²) in [7, 11) is -4.36. The van der Waals surface area contributed by atoms with Gasteiger partial charge in [-0.3, -0.25) is 9.59 Å². The quantitative estimate of drug-likeness (QED) is 0.363. The fourth-order valence-corrected chi connectivity index (χ4v) is 5.20. The minimum Gasteiger partial charge on any atom is -0.480 e. The molecule has 1 atom stereocenters. The Morgan fingerprint density at radius 3 is 2.16 bits per heavy atom. The van der Waals surface area contributed by atoms with Crippen LogP contribution in [0.2, 0.25) is 0 Å². The maximum Gasteiger partial charge on any atom is 0.573 e. The van der Waals surface area contributed by atoms with E-state index >= 15 is 0 Å². The SMILES string of the molecule is O=C(O)C(CCn1nnc2ccccc2c1=O)S(=O)(=O)c1ccc(-c2ccc(OC(F)(F)F)cc2)cc1. The van der Waals surface area contributed by atoms with Crippen molar-refractivity contribution < 1.29 is 36.2 Å². The number of sulfone groups is 1. The molecule has 13 heteroatoms. The van der Waals surface area contributed by atoms with Crippen LogP contribution in [0.25, 0.3) is 22.0 Å². The number of carboxylic acids is 1. The topological polar surface area (TPSA) is 128 Å². The average Bonchev–Trinajstić information content (AvgIpc) is 2.85. The number of hydrogen-bond donors (Lipinski definition) is 1. The summed E-state index contributed by atoms with van der Waals surface area (Å²) in [5.74, 6) is -2.00. The lowest BCUT2D eigenvalue weighted by molar-refractivity contribution is -0.274. The van der Waals surface area contributed by atoms with Gasteiger partial charge in [-0.25, -0.2) is 13.1 Å². The first-order chi connectivity index (χ1) is 17.5. The molecule has 1 N–H and O–H groups in total. The molecule has 192 valence electrons. The molecule has 0 aliphatic carbocycles. The number of carboxylic acid groups (broad SMARTS) is 1. The maximum absolute atomic E-state index is 13.1. The first-order valence-corrected chi connectivity index (χ1v) is 12.3. The molecule has 0 radical (unpaired) electrons. The lowest BCUT2D eigenvalue weighted by Gasteiger charge is -2.14. The third-order valence-corrected chi connectivity index (χ3v) is 7.60. The largest absolute Gasteiger partial charge is 0.573 e. The summed E-state index contributed by atoms with van der Waals surface area (Å²) in [6.07, 6.45) is -5.26. The van der Waals surface area contributed by atoms with E-state index in [0.717, 1.165) is 16.8 Å². The number of nitrogens with zero attached hydrogens (tertiary/aromatic N) is 3. The van der Waals surface area contributed by atoms with E-state index in [4.69, 9.17) is 0 Å². The van der Waals surface area contributed by atoms with Gasteiger partial charge in [0.25, 0.3) is 5.56 Å². The van der Waals surface area contributed by atoms with Gasteiger partial charge in [0.15, 0.2) is 15.1 Å². The number of halogens is 3. The second kappa shape index (κ2) is 10.0. The number of alkyl halides is 3. The predicted molar refractivity (Wildman–Crippen MR) is 126 cm³/mol. The van der Waals surface area contributed by atoms with Crippen LogP contribution in [0, 0.1) is 0 Å². The van der Waals surface area contributed by atoms with Gasteiger partial charge in [0.05, 0.1) is 10.3 Å². The van der Waals surface area contributed by atoms with Crippen LogP contribution in [0.3, 0.4) is 0 Å². The Labute approximate surface area is 207 Å². The predicted octanol–water partition coefficient (Wildman–Crippen LogP) is 3.67. The summed E-state index contributed by atoms with van der Waals surface area (Å²) in [6, 6.07) is 16.6. The molecule has 0 bridgehead atoms. The fraction of sp³-hybridized carbons (Fsp3) is 0.167. The van der Waals surface area contributed by atoms with Crippen molar-refractivity contribution in [3.63, 3.8) is 0 Å². The molecular formula is C24H18F3N3O6S. The van der Waals surface area contributed by atoms with E-state index in [1.54, 1.807) is 18.2 Å².